The largest absolute Gasteiger partial charge is 0.354 e. The number of aryl methyl sites for hydroxylation is 4. The molecule has 6 rings (SSSR count). The number of carbonyl (C=O) groups excluding carboxylic acids is 3. The van der Waals surface area contributed by atoms with Crippen LogP contribution in [0.5, 0.6) is 17.2 Å². The zero-order chi connectivity index (χ0) is 45.8. The predicted molar refractivity (Wildman–Crippen MR) is 252 cm³/mol. The molecule has 5 amide bonds. The molecule has 60 heavy (non-hydrogen) atoms. The van der Waals surface area contributed by atoms with E-state index in [0.717, 1.165) is 22.4 Å². The molecule has 0 aliphatic carbocycles. The fourth-order valence-corrected chi connectivity index (χ4v) is 4.86. The first-order valence-corrected chi connectivity index (χ1v) is 30.5. The van der Waals surface area contributed by atoms with Crippen LogP contribution in [-0.4, -0.2) is 40.0 Å². The number of halogens is 5. The molecule has 6 aromatic rings. The molecule has 0 saturated heterocycles. The molecular formula is C42H41Cl2I3N7O5V-. The average molecular weight is 1230 g/mol. The molecule has 18 heteroatoms. The van der Waals surface area contributed by atoms with Crippen molar-refractivity contribution in [3.8, 4) is 17.2 Å². The number of phenols is 1. The molecule has 0 unspecified atom stereocenters. The summed E-state index contributed by atoms with van der Waals surface area (Å²) >= 11 is 17.2. The molecule has 12 nitrogen and oxygen atoms in total. The van der Waals surface area contributed by atoms with Gasteiger partial charge in [-0.2, -0.15) is 0 Å². The third-order valence-corrected chi connectivity index (χ3v) is 8.28. The monoisotopic (exact) mass is 1230 g/mol. The summed E-state index contributed by atoms with van der Waals surface area (Å²) in [5.41, 5.74) is 6.25. The summed E-state index contributed by atoms with van der Waals surface area (Å²) in [6, 6.07) is 30.1. The van der Waals surface area contributed by atoms with Gasteiger partial charge in [-0.25, -0.2) is 9.59 Å². The maximum atomic E-state index is 12.1. The normalized spacial score (nSPS) is 10.6. The van der Waals surface area contributed by atoms with Crippen molar-refractivity contribution in [1.29, 1.82) is 0 Å². The second-order valence-corrected chi connectivity index (χ2v) is 29.2. The molecule has 1 radical (unpaired) electrons. The molecule has 0 saturated carbocycles. The smallest absolute Gasteiger partial charge is 0.269 e. The van der Waals surface area contributed by atoms with Gasteiger partial charge in [0.15, 0.2) is 0 Å². The molecule has 4 aromatic carbocycles. The van der Waals surface area contributed by atoms with E-state index in [9.17, 15) is 14.4 Å². The number of anilines is 4. The maximum absolute atomic E-state index is 12.1. The van der Waals surface area contributed by atoms with Crippen LogP contribution in [0, 0.1) is 27.7 Å². The Kier molecular flexibility index (Phi) is 21.9. The topological polar surface area (TPSA) is 167 Å². The van der Waals surface area contributed by atoms with Crippen LogP contribution >= 0.6 is 60.4 Å². The second-order valence-electron chi connectivity index (χ2n) is 12.1. The van der Waals surface area contributed by atoms with E-state index in [-0.39, 0.29) is 42.1 Å². The molecular weight excluding hydrogens is 1190 g/mol. The fraction of sp³-hybridized carbons (Fsp3) is 0.119. The van der Waals surface area contributed by atoms with Crippen molar-refractivity contribution in [3.05, 3.63) is 160 Å². The number of ether oxygens (including phenoxy) is 1. The van der Waals surface area contributed by atoms with Gasteiger partial charge >= 0.3 is 62.5 Å². The summed E-state index contributed by atoms with van der Waals surface area (Å²) in [7, 11) is 0. The molecule has 0 aliphatic rings. The third kappa shape index (κ3) is 19.7. The first kappa shape index (κ1) is 47.2. The fourth-order valence-electron chi connectivity index (χ4n) is 4.63. The van der Waals surface area contributed by atoms with Crippen molar-refractivity contribution in [1.82, 2.24) is 15.3 Å². The van der Waals surface area contributed by atoms with E-state index in [4.69, 9.17) is 37.2 Å². The van der Waals surface area contributed by atoms with Crippen molar-refractivity contribution in [2.24, 2.45) is 0 Å². The number of carbonyl (C=O) groups is 3. The minimum absolute atomic E-state index is 0. The molecule has 6 N–H and O–H groups in total. The molecule has 0 fully saturated rings. The Morgan fingerprint density at radius 2 is 1.12 bits per heavy atom. The van der Waals surface area contributed by atoms with Crippen LogP contribution in [0.4, 0.5) is 32.3 Å². The van der Waals surface area contributed by atoms with Crippen LogP contribution in [0.3, 0.4) is 0 Å². The van der Waals surface area contributed by atoms with Crippen LogP contribution in [-0.2, 0) is 18.6 Å². The van der Waals surface area contributed by atoms with Gasteiger partial charge in [0.2, 0.25) is 0 Å². The minimum atomic E-state index is -2.47. The van der Waals surface area contributed by atoms with E-state index in [1.54, 1.807) is 92.0 Å². The van der Waals surface area contributed by atoms with E-state index >= 15 is 0 Å². The van der Waals surface area contributed by atoms with Gasteiger partial charge in [0.1, 0.15) is 22.9 Å². The predicted octanol–water partition coefficient (Wildman–Crippen LogP) is 9.31. The molecule has 2 aromatic heterocycles. The van der Waals surface area contributed by atoms with E-state index in [1.165, 1.54) is 24.4 Å². The number of aromatic nitrogens is 2. The van der Waals surface area contributed by atoms with Crippen molar-refractivity contribution in [3.63, 3.8) is 0 Å². The SMILES string of the molecule is Cc1cc(NC(=O)Nc2ccc(O)cc2)ccc1Cl.Cc1cc(Oc2ccc(NC(=O)Nc3ccc(Cl)c(C)c3)cc2)ccn1.I[I-]I.[2H]C([2H])([2H])NC(=O)c1cc(C)ccn1.[V]. The van der Waals surface area contributed by atoms with E-state index in [0.29, 0.717) is 57.5 Å². The van der Waals surface area contributed by atoms with Gasteiger partial charge in [-0.3, -0.25) is 14.8 Å². The first-order chi connectivity index (χ1) is 29.3. The number of nitrogens with zero attached hydrogens (tertiary/aromatic N) is 2. The number of benzene rings is 4. The maximum Gasteiger partial charge on any atom is 0.269 e. The zero-order valence-corrected chi connectivity index (χ0v) is 41.7. The van der Waals surface area contributed by atoms with Gasteiger partial charge in [0.25, 0.3) is 5.91 Å². The number of urea groups is 2. The van der Waals surface area contributed by atoms with Crippen LogP contribution in [0.15, 0.2) is 122 Å². The quantitative estimate of drug-likeness (QED) is 0.0685. The third-order valence-electron chi connectivity index (χ3n) is 7.43. The van der Waals surface area contributed by atoms with Gasteiger partial charge in [0, 0.05) is 86.6 Å². The Hall–Kier alpha value is -3.86. The van der Waals surface area contributed by atoms with Crippen LogP contribution < -0.4 is 44.6 Å². The van der Waals surface area contributed by atoms with Crippen LogP contribution in [0.2, 0.25) is 10.0 Å². The Morgan fingerprint density at radius 3 is 1.58 bits per heavy atom. The number of rotatable bonds is 7. The van der Waals surface area contributed by atoms with Crippen molar-refractivity contribution in [2.45, 2.75) is 27.7 Å². The summed E-state index contributed by atoms with van der Waals surface area (Å²) in [5, 5.41) is 23.2. The number of aromatic hydroxyl groups is 1. The van der Waals surface area contributed by atoms with Crippen LogP contribution in [0.1, 0.15) is 37.0 Å². The standard InChI is InChI=1S/C20H18ClN3O2.C14H13ClN2O2.C8H10N2O.I3.V/c1-13-11-16(5-8-19(13)21)24-20(25)23-15-3-6-17(7-4-15)26-18-9-10-22-14(2)12-18;1-9-8-11(4-7-13(9)15)17-14(19)16-10-2-5-12(18)6-3-10;1-6-3-4-10-7(5-6)8(11)9-2;1-3-2;/h3-12H,1-2H3,(H2,23,24,25);2-8,18H,1H3,(H2,16,17,19);3-5H,1-2H3,(H,9,11);;/q;;;-1;/i;;2D3;;. The minimum Gasteiger partial charge on any atom is -0.354 e. The number of nitrogens with one attached hydrogen (secondary N) is 5. The summed E-state index contributed by atoms with van der Waals surface area (Å²) in [6.07, 6.45) is 3.16. The number of hydrogen-bond acceptors (Lipinski definition) is 7. The average Bonchev–Trinajstić information content (AvgIpc) is 3.20. The number of pyridine rings is 2. The van der Waals surface area contributed by atoms with Crippen LogP contribution in [0.25, 0.3) is 0 Å². The first-order valence-electron chi connectivity index (χ1n) is 18.6. The van der Waals surface area contributed by atoms with Gasteiger partial charge in [-0.15, -0.1) is 0 Å². The number of phenolic OH excluding ortho intramolecular Hbond substituents is 1. The van der Waals surface area contributed by atoms with E-state index in [2.05, 4.69) is 68.5 Å². The Labute approximate surface area is 405 Å². The molecule has 0 atom stereocenters. The summed E-state index contributed by atoms with van der Waals surface area (Å²) < 4.78 is 26.3. The molecule has 0 spiro atoms. The molecule has 0 bridgehead atoms. The molecule has 315 valence electrons. The van der Waals surface area contributed by atoms with Gasteiger partial charge < -0.3 is 36.4 Å². The number of amides is 5. The summed E-state index contributed by atoms with van der Waals surface area (Å²) in [4.78, 5) is 43.0. The van der Waals surface area contributed by atoms with Crippen molar-refractivity contribution < 1.29 is 60.2 Å². The Bertz CT molecular complexity index is 2430. The van der Waals surface area contributed by atoms with E-state index < -0.39 is 12.9 Å². The van der Waals surface area contributed by atoms with E-state index in [1.807, 2.05) is 38.2 Å². The van der Waals surface area contributed by atoms with Crippen molar-refractivity contribution >= 4 is 101 Å². The molecule has 2 heterocycles. The van der Waals surface area contributed by atoms with Crippen molar-refractivity contribution in [2.75, 3.05) is 28.2 Å². The van der Waals surface area contributed by atoms with Gasteiger partial charge in [-0.1, -0.05) is 23.2 Å². The number of hydrogen-bond donors (Lipinski definition) is 6. The zero-order valence-electron chi connectivity index (χ0n) is 35.4. The van der Waals surface area contributed by atoms with Gasteiger partial charge in [-0.05, 0) is 148 Å². The summed E-state index contributed by atoms with van der Waals surface area (Å²) in [5.74, 6) is 0.858. The van der Waals surface area contributed by atoms with Gasteiger partial charge in [0.05, 0.1) is 0 Å². The Morgan fingerprint density at radius 1 is 0.650 bits per heavy atom. The molecule has 0 aliphatic heterocycles. The second kappa shape index (κ2) is 27.9. The summed E-state index contributed by atoms with van der Waals surface area (Å²) in [6.45, 7) is 4.98. The Balaban J connectivity index is 0.000000326.